The van der Waals surface area contributed by atoms with Gasteiger partial charge in [-0.25, -0.2) is 4.79 Å². The number of carbonyl (C=O) groups excluding carboxylic acids is 2. The molecule has 1 aromatic heterocycles. The second kappa shape index (κ2) is 10.7. The fourth-order valence-corrected chi connectivity index (χ4v) is 4.94. The van der Waals surface area contributed by atoms with Crippen LogP contribution in [0.2, 0.25) is 0 Å². The zero-order valence-corrected chi connectivity index (χ0v) is 19.5. The summed E-state index contributed by atoms with van der Waals surface area (Å²) < 4.78 is 7.24. The van der Waals surface area contributed by atoms with Crippen LogP contribution in [0.3, 0.4) is 0 Å². The van der Waals surface area contributed by atoms with Crippen molar-refractivity contribution in [3.05, 3.63) is 60.7 Å². The van der Waals surface area contributed by atoms with Gasteiger partial charge in [0.2, 0.25) is 5.91 Å². The highest BCUT2D eigenvalue weighted by molar-refractivity contribution is 7.99. The molecule has 0 bridgehead atoms. The number of thioether (sulfide) groups is 1. The largest absolute Gasteiger partial charge is 0.464 e. The highest BCUT2D eigenvalue weighted by Crippen LogP contribution is 2.31. The van der Waals surface area contributed by atoms with Gasteiger partial charge >= 0.3 is 5.97 Å². The SMILES string of the molecule is CCOC(=O)C1(NC(=O)CSc2nnc(-c3ccccc3)n2-c2ccccc2)CCCCC1. The summed E-state index contributed by atoms with van der Waals surface area (Å²) in [5.74, 6) is 0.293. The normalized spacial score (nSPS) is 15.1. The average Bonchev–Trinajstić information content (AvgIpc) is 3.28. The van der Waals surface area contributed by atoms with E-state index in [1.807, 2.05) is 65.2 Å². The summed E-state index contributed by atoms with van der Waals surface area (Å²) in [7, 11) is 0. The van der Waals surface area contributed by atoms with Crippen molar-refractivity contribution in [3.8, 4) is 17.1 Å². The van der Waals surface area contributed by atoms with Crippen LogP contribution in [0.4, 0.5) is 0 Å². The highest BCUT2D eigenvalue weighted by Gasteiger charge is 2.42. The summed E-state index contributed by atoms with van der Waals surface area (Å²) >= 11 is 1.30. The Morgan fingerprint density at radius 1 is 1.00 bits per heavy atom. The Kier molecular flexibility index (Phi) is 7.44. The van der Waals surface area contributed by atoms with Gasteiger partial charge in [-0.15, -0.1) is 10.2 Å². The molecule has 1 fully saturated rings. The molecule has 0 aliphatic heterocycles. The molecule has 0 unspecified atom stereocenters. The Hall–Kier alpha value is -3.13. The number of nitrogens with zero attached hydrogens (tertiary/aromatic N) is 3. The maximum Gasteiger partial charge on any atom is 0.331 e. The van der Waals surface area contributed by atoms with Crippen molar-refractivity contribution < 1.29 is 14.3 Å². The molecule has 2 aromatic carbocycles. The predicted octanol–water partition coefficient (Wildman–Crippen LogP) is 4.41. The van der Waals surface area contributed by atoms with Crippen LogP contribution in [0.1, 0.15) is 39.0 Å². The summed E-state index contributed by atoms with van der Waals surface area (Å²) in [5, 5.41) is 12.4. The second-order valence-electron chi connectivity index (χ2n) is 8.04. The molecular formula is C25H28N4O3S. The zero-order valence-electron chi connectivity index (χ0n) is 18.7. The fourth-order valence-electron chi connectivity index (χ4n) is 4.19. The topological polar surface area (TPSA) is 86.1 Å². The van der Waals surface area contributed by atoms with E-state index in [-0.39, 0.29) is 17.6 Å². The number of esters is 1. The van der Waals surface area contributed by atoms with Crippen molar-refractivity contribution in [3.63, 3.8) is 0 Å². The number of para-hydroxylation sites is 1. The number of ether oxygens (including phenoxy) is 1. The molecule has 1 N–H and O–H groups in total. The van der Waals surface area contributed by atoms with E-state index in [1.165, 1.54) is 11.8 Å². The fraction of sp³-hybridized carbons (Fsp3) is 0.360. The van der Waals surface area contributed by atoms with Crippen LogP contribution in [0.25, 0.3) is 17.1 Å². The summed E-state index contributed by atoms with van der Waals surface area (Å²) in [4.78, 5) is 25.6. The molecule has 172 valence electrons. The van der Waals surface area contributed by atoms with Crippen LogP contribution < -0.4 is 5.32 Å². The van der Waals surface area contributed by atoms with E-state index in [1.54, 1.807) is 6.92 Å². The monoisotopic (exact) mass is 464 g/mol. The van der Waals surface area contributed by atoms with Crippen LogP contribution in [0.5, 0.6) is 0 Å². The number of nitrogens with one attached hydrogen (secondary N) is 1. The molecule has 33 heavy (non-hydrogen) atoms. The molecule has 4 rings (SSSR count). The molecule has 1 aliphatic carbocycles. The van der Waals surface area contributed by atoms with E-state index >= 15 is 0 Å². The van der Waals surface area contributed by atoms with E-state index in [0.717, 1.165) is 30.5 Å². The van der Waals surface area contributed by atoms with Crippen LogP contribution in [-0.2, 0) is 14.3 Å². The van der Waals surface area contributed by atoms with Gasteiger partial charge in [-0.2, -0.15) is 0 Å². The van der Waals surface area contributed by atoms with E-state index in [9.17, 15) is 9.59 Å². The molecule has 8 heteroatoms. The minimum atomic E-state index is -0.922. The summed E-state index contributed by atoms with van der Waals surface area (Å²) in [6, 6.07) is 19.7. The van der Waals surface area contributed by atoms with Gasteiger partial charge in [0.1, 0.15) is 5.54 Å². The third-order valence-electron chi connectivity index (χ3n) is 5.76. The first-order chi connectivity index (χ1) is 16.1. The summed E-state index contributed by atoms with van der Waals surface area (Å²) in [6.45, 7) is 2.08. The quantitative estimate of drug-likeness (QED) is 0.393. The Morgan fingerprint density at radius 2 is 1.67 bits per heavy atom. The Labute approximate surface area is 197 Å². The highest BCUT2D eigenvalue weighted by atomic mass is 32.2. The van der Waals surface area contributed by atoms with Crippen LogP contribution >= 0.6 is 11.8 Å². The van der Waals surface area contributed by atoms with Crippen LogP contribution in [0, 0.1) is 0 Å². The molecule has 0 radical (unpaired) electrons. The summed E-state index contributed by atoms with van der Waals surface area (Å²) in [6.07, 6.45) is 4.08. The maximum atomic E-state index is 12.9. The molecule has 7 nitrogen and oxygen atoms in total. The maximum absolute atomic E-state index is 12.9. The molecule has 0 atom stereocenters. The van der Waals surface area contributed by atoms with Gasteiger partial charge in [0.15, 0.2) is 11.0 Å². The third kappa shape index (κ3) is 5.27. The smallest absolute Gasteiger partial charge is 0.331 e. The molecule has 1 aliphatic rings. The molecule has 0 saturated heterocycles. The zero-order chi connectivity index (χ0) is 23.1. The first kappa shape index (κ1) is 23.0. The number of benzene rings is 2. The van der Waals surface area contributed by atoms with Crippen LogP contribution in [-0.4, -0.2) is 44.5 Å². The lowest BCUT2D eigenvalue weighted by atomic mass is 9.81. The van der Waals surface area contributed by atoms with Gasteiger partial charge in [-0.05, 0) is 31.9 Å². The lowest BCUT2D eigenvalue weighted by molar-refractivity contribution is -0.154. The minimum Gasteiger partial charge on any atom is -0.464 e. The van der Waals surface area contributed by atoms with Crippen molar-refractivity contribution in [2.75, 3.05) is 12.4 Å². The number of hydrogen-bond acceptors (Lipinski definition) is 6. The van der Waals surface area contributed by atoms with Gasteiger partial charge in [0.05, 0.1) is 12.4 Å². The van der Waals surface area contributed by atoms with Crippen molar-refractivity contribution in [1.82, 2.24) is 20.1 Å². The van der Waals surface area contributed by atoms with Crippen molar-refractivity contribution in [2.45, 2.75) is 49.7 Å². The standard InChI is InChI=1S/C25H28N4O3S/c1-2-32-23(31)25(16-10-5-11-17-25)26-21(30)18-33-24-28-27-22(19-12-6-3-7-13-19)29(24)20-14-8-4-9-15-20/h3-4,6-9,12-15H,2,5,10-11,16-18H2,1H3,(H,26,30). The van der Waals surface area contributed by atoms with E-state index in [4.69, 9.17) is 4.74 Å². The lowest BCUT2D eigenvalue weighted by Gasteiger charge is -2.35. The van der Waals surface area contributed by atoms with Gasteiger partial charge in [0, 0.05) is 11.3 Å². The molecule has 0 spiro atoms. The van der Waals surface area contributed by atoms with E-state index < -0.39 is 5.54 Å². The Balaban J connectivity index is 1.54. The lowest BCUT2D eigenvalue weighted by Crippen LogP contribution is -2.56. The molecule has 3 aromatic rings. The van der Waals surface area contributed by atoms with E-state index in [2.05, 4.69) is 15.5 Å². The average molecular weight is 465 g/mol. The minimum absolute atomic E-state index is 0.126. The van der Waals surface area contributed by atoms with Crippen molar-refractivity contribution in [1.29, 1.82) is 0 Å². The summed E-state index contributed by atoms with van der Waals surface area (Å²) in [5.41, 5.74) is 0.932. The third-order valence-corrected chi connectivity index (χ3v) is 6.69. The number of hydrogen-bond donors (Lipinski definition) is 1. The Morgan fingerprint density at radius 3 is 2.33 bits per heavy atom. The number of rotatable bonds is 8. The Bertz CT molecular complexity index is 1080. The van der Waals surface area contributed by atoms with Crippen LogP contribution in [0.15, 0.2) is 65.8 Å². The molecule has 1 saturated carbocycles. The molecular weight excluding hydrogens is 436 g/mol. The molecule has 1 heterocycles. The van der Waals surface area contributed by atoms with Crippen molar-refractivity contribution in [2.24, 2.45) is 0 Å². The number of aromatic nitrogens is 3. The number of amides is 1. The van der Waals surface area contributed by atoms with Gasteiger partial charge in [-0.1, -0.05) is 79.6 Å². The molecule has 1 amide bonds. The second-order valence-corrected chi connectivity index (χ2v) is 8.99. The van der Waals surface area contributed by atoms with Gasteiger partial charge < -0.3 is 10.1 Å². The van der Waals surface area contributed by atoms with Gasteiger partial charge in [0.25, 0.3) is 0 Å². The van der Waals surface area contributed by atoms with Crippen molar-refractivity contribution >= 4 is 23.6 Å². The first-order valence-corrected chi connectivity index (χ1v) is 12.3. The van der Waals surface area contributed by atoms with Gasteiger partial charge in [-0.3, -0.25) is 9.36 Å². The number of carbonyl (C=O) groups is 2. The first-order valence-electron chi connectivity index (χ1n) is 11.3. The predicted molar refractivity (Wildman–Crippen MR) is 128 cm³/mol. The van der Waals surface area contributed by atoms with E-state index in [0.29, 0.717) is 30.4 Å².